The van der Waals surface area contributed by atoms with Crippen molar-refractivity contribution in [2.45, 2.75) is 84.5 Å². The van der Waals surface area contributed by atoms with E-state index in [9.17, 15) is 0 Å². The maximum absolute atomic E-state index is 2.41. The Bertz CT molecular complexity index is 188. The van der Waals surface area contributed by atoms with Gasteiger partial charge in [0.1, 0.15) is 0 Å². The first-order chi connectivity index (χ1) is 8.91. The first-order valence-electron chi connectivity index (χ1n) is 8.03. The minimum Gasteiger partial charge on any atom is -0.0885 e. The predicted octanol–water partition coefficient (Wildman–Crippen LogP) is 6.63. The maximum Gasteiger partial charge on any atom is -0.0319 e. The number of unbranched alkanes of at least 4 members (excludes halogenated alkanes) is 9. The molecule has 0 aromatic rings. The second-order valence-electron chi connectivity index (χ2n) is 5.04. The van der Waals surface area contributed by atoms with E-state index in [1.54, 1.807) is 0 Å². The molecule has 1 radical (unpaired) electrons. The molecule has 18 heavy (non-hydrogen) atoms. The first kappa shape index (κ1) is 17.5. The fraction of sp³-hybridized carbons (Fsp3) is 0.722. The van der Waals surface area contributed by atoms with Crippen molar-refractivity contribution in [3.63, 3.8) is 0 Å². The number of allylic oxidation sites excluding steroid dienone is 4. The summed E-state index contributed by atoms with van der Waals surface area (Å²) < 4.78 is 0. The molecule has 0 nitrogen and oxygen atoms in total. The summed E-state index contributed by atoms with van der Waals surface area (Å²) in [7, 11) is 0. The molecule has 0 fully saturated rings. The standard InChI is InChI=1S/C18H33/c1-3-5-7-9-11-13-15-17-18-16-14-12-10-8-6-4-2/h9,11-12,14,18H,3-8,10,13,15-17H2,1-2H3. The molecule has 0 aromatic carbocycles. The van der Waals surface area contributed by atoms with Crippen LogP contribution in [0.2, 0.25) is 0 Å². The van der Waals surface area contributed by atoms with E-state index < -0.39 is 0 Å². The van der Waals surface area contributed by atoms with Crippen LogP contribution in [0.5, 0.6) is 0 Å². The van der Waals surface area contributed by atoms with Crippen molar-refractivity contribution in [3.8, 4) is 0 Å². The van der Waals surface area contributed by atoms with E-state index in [1.165, 1.54) is 64.2 Å². The van der Waals surface area contributed by atoms with Gasteiger partial charge in [-0.25, -0.2) is 0 Å². The highest BCUT2D eigenvalue weighted by molar-refractivity contribution is 4.87. The van der Waals surface area contributed by atoms with Crippen LogP contribution in [0, 0.1) is 6.42 Å². The lowest BCUT2D eigenvalue weighted by atomic mass is 10.1. The van der Waals surface area contributed by atoms with Crippen LogP contribution in [0.25, 0.3) is 0 Å². The lowest BCUT2D eigenvalue weighted by Crippen LogP contribution is -1.77. The minimum absolute atomic E-state index is 1.16. The molecule has 0 spiro atoms. The zero-order valence-electron chi connectivity index (χ0n) is 12.7. The minimum atomic E-state index is 1.16. The van der Waals surface area contributed by atoms with Crippen molar-refractivity contribution in [2.24, 2.45) is 0 Å². The average Bonchev–Trinajstić information content (AvgIpc) is 2.39. The van der Waals surface area contributed by atoms with Gasteiger partial charge in [0.05, 0.1) is 0 Å². The topological polar surface area (TPSA) is 0 Å². The van der Waals surface area contributed by atoms with Crippen molar-refractivity contribution >= 4 is 0 Å². The first-order valence-corrected chi connectivity index (χ1v) is 8.03. The van der Waals surface area contributed by atoms with E-state index in [2.05, 4.69) is 44.6 Å². The Morgan fingerprint density at radius 2 is 1.17 bits per heavy atom. The van der Waals surface area contributed by atoms with Crippen molar-refractivity contribution in [1.29, 1.82) is 0 Å². The van der Waals surface area contributed by atoms with Crippen molar-refractivity contribution in [1.82, 2.24) is 0 Å². The summed E-state index contributed by atoms with van der Waals surface area (Å²) in [5, 5.41) is 0. The molecule has 0 saturated carbocycles. The predicted molar refractivity (Wildman–Crippen MR) is 84.7 cm³/mol. The number of hydrogen-bond donors (Lipinski definition) is 0. The van der Waals surface area contributed by atoms with Crippen LogP contribution < -0.4 is 0 Å². The fourth-order valence-electron chi connectivity index (χ4n) is 1.88. The molecule has 0 atom stereocenters. The fourth-order valence-corrected chi connectivity index (χ4v) is 1.88. The van der Waals surface area contributed by atoms with E-state index in [1.807, 2.05) is 0 Å². The Balaban J connectivity index is 3.08. The van der Waals surface area contributed by atoms with Gasteiger partial charge in [-0.05, 0) is 51.4 Å². The Labute approximate surface area is 116 Å². The van der Waals surface area contributed by atoms with Crippen molar-refractivity contribution in [2.75, 3.05) is 0 Å². The molecule has 0 heteroatoms. The molecule has 0 aliphatic carbocycles. The molecule has 0 N–H and O–H groups in total. The van der Waals surface area contributed by atoms with Crippen LogP contribution in [-0.4, -0.2) is 0 Å². The number of rotatable bonds is 13. The van der Waals surface area contributed by atoms with E-state index in [4.69, 9.17) is 0 Å². The molecular formula is C18H33. The van der Waals surface area contributed by atoms with E-state index >= 15 is 0 Å². The van der Waals surface area contributed by atoms with Crippen LogP contribution in [-0.2, 0) is 0 Å². The summed E-state index contributed by atoms with van der Waals surface area (Å²) in [6.07, 6.45) is 26.0. The molecule has 0 rings (SSSR count). The Hall–Kier alpha value is -0.520. The Morgan fingerprint density at radius 3 is 1.89 bits per heavy atom. The molecule has 0 aromatic heterocycles. The Kier molecular flexibility index (Phi) is 16.0. The summed E-state index contributed by atoms with van der Waals surface area (Å²) in [5.74, 6) is 0. The van der Waals surface area contributed by atoms with Gasteiger partial charge in [-0.2, -0.15) is 0 Å². The number of hydrogen-bond acceptors (Lipinski definition) is 0. The lowest BCUT2D eigenvalue weighted by molar-refractivity contribution is 0.728. The molecule has 0 unspecified atom stereocenters. The van der Waals surface area contributed by atoms with Gasteiger partial charge in [-0.3, -0.25) is 0 Å². The Morgan fingerprint density at radius 1 is 0.556 bits per heavy atom. The van der Waals surface area contributed by atoms with Crippen molar-refractivity contribution < 1.29 is 0 Å². The molecule has 0 saturated heterocycles. The lowest BCUT2D eigenvalue weighted by Gasteiger charge is -1.96. The molecule has 105 valence electrons. The smallest absolute Gasteiger partial charge is 0.0319 e. The van der Waals surface area contributed by atoms with Gasteiger partial charge in [-0.15, -0.1) is 0 Å². The molecule has 0 bridgehead atoms. The molecule has 0 amide bonds. The summed E-state index contributed by atoms with van der Waals surface area (Å²) in [5.41, 5.74) is 0. The van der Waals surface area contributed by atoms with Crippen LogP contribution in [0.3, 0.4) is 0 Å². The SMILES string of the molecule is CCCCC=CCCC[CH]CC=CCCCCC. The van der Waals surface area contributed by atoms with E-state index in [0.29, 0.717) is 0 Å². The van der Waals surface area contributed by atoms with Gasteiger partial charge < -0.3 is 0 Å². The molecular weight excluding hydrogens is 216 g/mol. The van der Waals surface area contributed by atoms with Crippen LogP contribution in [0.15, 0.2) is 24.3 Å². The van der Waals surface area contributed by atoms with Gasteiger partial charge in [0, 0.05) is 0 Å². The highest BCUT2D eigenvalue weighted by atomic mass is 13.9. The van der Waals surface area contributed by atoms with Gasteiger partial charge in [0.15, 0.2) is 0 Å². The van der Waals surface area contributed by atoms with Gasteiger partial charge in [-0.1, -0.05) is 63.8 Å². The summed E-state index contributed by atoms with van der Waals surface area (Å²) >= 11 is 0. The van der Waals surface area contributed by atoms with Crippen LogP contribution in [0.4, 0.5) is 0 Å². The highest BCUT2D eigenvalue weighted by Gasteiger charge is 1.87. The third-order valence-electron chi connectivity index (χ3n) is 3.11. The summed E-state index contributed by atoms with van der Waals surface area (Å²) in [6.45, 7) is 4.51. The maximum atomic E-state index is 2.41. The second-order valence-corrected chi connectivity index (χ2v) is 5.04. The zero-order chi connectivity index (χ0) is 13.3. The quantitative estimate of drug-likeness (QED) is 0.254. The van der Waals surface area contributed by atoms with Crippen molar-refractivity contribution in [3.05, 3.63) is 30.7 Å². The highest BCUT2D eigenvalue weighted by Crippen LogP contribution is 2.06. The third kappa shape index (κ3) is 15.5. The van der Waals surface area contributed by atoms with Crippen LogP contribution >= 0.6 is 0 Å². The molecule has 0 aliphatic rings. The largest absolute Gasteiger partial charge is 0.0885 e. The monoisotopic (exact) mass is 249 g/mol. The normalized spacial score (nSPS) is 11.9. The molecule has 0 aliphatic heterocycles. The second kappa shape index (κ2) is 16.5. The third-order valence-corrected chi connectivity index (χ3v) is 3.11. The van der Waals surface area contributed by atoms with Gasteiger partial charge >= 0.3 is 0 Å². The molecule has 0 heterocycles. The van der Waals surface area contributed by atoms with Gasteiger partial charge in [0.2, 0.25) is 0 Å². The van der Waals surface area contributed by atoms with Gasteiger partial charge in [0.25, 0.3) is 0 Å². The summed E-state index contributed by atoms with van der Waals surface area (Å²) in [6, 6.07) is 0. The summed E-state index contributed by atoms with van der Waals surface area (Å²) in [4.78, 5) is 0. The van der Waals surface area contributed by atoms with E-state index in [0.717, 1.165) is 6.42 Å². The van der Waals surface area contributed by atoms with E-state index in [-0.39, 0.29) is 0 Å². The van der Waals surface area contributed by atoms with Crippen LogP contribution in [0.1, 0.15) is 84.5 Å². The average molecular weight is 249 g/mol. The zero-order valence-corrected chi connectivity index (χ0v) is 12.7.